The van der Waals surface area contributed by atoms with E-state index in [0.717, 1.165) is 34.8 Å². The average Bonchev–Trinajstić information content (AvgIpc) is 3.72. The van der Waals surface area contributed by atoms with Crippen molar-refractivity contribution in [2.45, 2.75) is 54.1 Å². The van der Waals surface area contributed by atoms with Crippen molar-refractivity contribution >= 4 is 81.0 Å². The number of hydrogen-bond acceptors (Lipinski definition) is 16. The van der Waals surface area contributed by atoms with Crippen molar-refractivity contribution in [3.8, 4) is 0 Å². The van der Waals surface area contributed by atoms with E-state index in [2.05, 4.69) is 25.0 Å². The lowest BCUT2D eigenvalue weighted by molar-refractivity contribution is -0.186. The number of esters is 2. The number of thioether (sulfide) groups is 2. The molecule has 4 saturated carbocycles. The number of carbonyl (C=O) groups excluding carboxylic acids is 4. The molecule has 2 aliphatic heterocycles. The second-order valence-corrected chi connectivity index (χ2v) is 16.3. The Bertz CT molecular complexity index is 1570. The third-order valence-electron chi connectivity index (χ3n) is 9.27. The molecule has 0 radical (unpaired) electrons. The van der Waals surface area contributed by atoms with Gasteiger partial charge in [0.25, 0.3) is 11.8 Å². The van der Waals surface area contributed by atoms with Crippen molar-refractivity contribution < 1.29 is 33.5 Å². The van der Waals surface area contributed by atoms with E-state index in [9.17, 15) is 19.2 Å². The molecule has 2 aromatic rings. The van der Waals surface area contributed by atoms with E-state index in [0.29, 0.717) is 34.8 Å². The molecule has 0 spiro atoms. The highest BCUT2D eigenvalue weighted by atomic mass is 32.2. The van der Waals surface area contributed by atoms with Gasteiger partial charge in [-0.2, -0.15) is 0 Å². The zero-order valence-corrected chi connectivity index (χ0v) is 28.0. The van der Waals surface area contributed by atoms with Crippen LogP contribution in [0.15, 0.2) is 32.2 Å². The molecule has 6 aliphatic rings. The minimum Gasteiger partial charge on any atom is -0.427 e. The standard InChI is InChI=1S/C28H31N7O7S4/c1-40-33-19(17-11-45-27(29)31-17)22(36)32-20-23(37)35-21(16(10-44-24(20)35)9-43-18-8-30-34-46-18)25(38)41-12-42-26(39)28-5-13-2-14(6-28)4-15(3-13)7-28/h8,11,13-15,20,24H,2-7,9-10,12H2,1H3,(H2,29,31)(H,32,36)/b33-19-/t13?,14?,15?,20-,24+,28?/m1/s1. The second-order valence-electron chi connectivity index (χ2n) is 12.2. The van der Waals surface area contributed by atoms with Crippen molar-refractivity contribution in [3.63, 3.8) is 0 Å². The van der Waals surface area contributed by atoms with Gasteiger partial charge in [-0.15, -0.1) is 40.0 Å². The predicted octanol–water partition coefficient (Wildman–Crippen LogP) is 2.63. The van der Waals surface area contributed by atoms with Crippen LogP contribution in [-0.2, 0) is 33.5 Å². The summed E-state index contributed by atoms with van der Waals surface area (Å²) in [5.41, 5.74) is 6.09. The number of oxime groups is 1. The molecule has 2 amide bonds. The van der Waals surface area contributed by atoms with Gasteiger partial charge in [0.15, 0.2) is 10.8 Å². The van der Waals surface area contributed by atoms with Crippen LogP contribution in [0.25, 0.3) is 0 Å². The molecule has 4 heterocycles. The molecule has 2 atom stereocenters. The molecular weight excluding hydrogens is 675 g/mol. The Hall–Kier alpha value is -3.22. The number of nitrogens with two attached hydrogens (primary N) is 1. The number of amides is 2. The van der Waals surface area contributed by atoms with Crippen LogP contribution in [0.3, 0.4) is 0 Å². The first-order chi connectivity index (χ1) is 22.2. The van der Waals surface area contributed by atoms with Gasteiger partial charge in [-0.05, 0) is 73.4 Å². The summed E-state index contributed by atoms with van der Waals surface area (Å²) in [6.07, 6.45) is 7.73. The van der Waals surface area contributed by atoms with E-state index in [1.165, 1.54) is 66.3 Å². The van der Waals surface area contributed by atoms with Crippen LogP contribution in [0.2, 0.25) is 0 Å². The number of fused-ring (bicyclic) bond motifs is 1. The van der Waals surface area contributed by atoms with Crippen molar-refractivity contribution in [2.24, 2.45) is 28.3 Å². The van der Waals surface area contributed by atoms with Gasteiger partial charge >= 0.3 is 11.9 Å². The zero-order chi connectivity index (χ0) is 32.0. The van der Waals surface area contributed by atoms with Gasteiger partial charge < -0.3 is 25.4 Å². The number of nitrogens with one attached hydrogen (secondary N) is 1. The number of nitrogen functional groups attached to an aromatic ring is 1. The Morgan fingerprint density at radius 1 is 1.17 bits per heavy atom. The van der Waals surface area contributed by atoms with Crippen LogP contribution in [0.5, 0.6) is 0 Å². The van der Waals surface area contributed by atoms with E-state index >= 15 is 0 Å². The summed E-state index contributed by atoms with van der Waals surface area (Å²) in [6.45, 7) is -0.532. The van der Waals surface area contributed by atoms with Gasteiger partial charge in [0.05, 0.1) is 11.6 Å². The molecule has 1 saturated heterocycles. The van der Waals surface area contributed by atoms with Crippen molar-refractivity contribution in [1.29, 1.82) is 0 Å². The lowest BCUT2D eigenvalue weighted by atomic mass is 9.49. The van der Waals surface area contributed by atoms with Gasteiger partial charge in [-0.25, -0.2) is 9.78 Å². The second kappa shape index (κ2) is 12.8. The first-order valence-corrected chi connectivity index (χ1v) is 18.5. The maximum absolute atomic E-state index is 13.6. The van der Waals surface area contributed by atoms with Gasteiger partial charge in [0.1, 0.15) is 34.1 Å². The number of β-lactam (4-membered cyclic amide) rings is 1. The van der Waals surface area contributed by atoms with Crippen LogP contribution < -0.4 is 11.1 Å². The largest absolute Gasteiger partial charge is 0.427 e. The summed E-state index contributed by atoms with van der Waals surface area (Å²) >= 11 is 5.22. The summed E-state index contributed by atoms with van der Waals surface area (Å²) in [6, 6.07) is -0.938. The fourth-order valence-corrected chi connectivity index (χ4v) is 11.2. The molecule has 4 aliphatic carbocycles. The normalized spacial score (nSPS) is 29.7. The smallest absolute Gasteiger partial charge is 0.357 e. The van der Waals surface area contributed by atoms with E-state index in [4.69, 9.17) is 20.0 Å². The molecule has 3 N–H and O–H groups in total. The highest BCUT2D eigenvalue weighted by molar-refractivity contribution is 8.01. The van der Waals surface area contributed by atoms with E-state index in [1.807, 2.05) is 0 Å². The third-order valence-corrected chi connectivity index (χ3v) is 13.2. The molecule has 14 nitrogen and oxygen atoms in total. The van der Waals surface area contributed by atoms with E-state index in [-0.39, 0.29) is 28.2 Å². The summed E-state index contributed by atoms with van der Waals surface area (Å²) in [5, 5.41) is 11.6. The molecule has 0 aromatic carbocycles. The maximum Gasteiger partial charge on any atom is 0.357 e. The minimum atomic E-state index is -0.938. The molecule has 2 aromatic heterocycles. The topological polar surface area (TPSA) is 188 Å². The van der Waals surface area contributed by atoms with Gasteiger partial charge in [-0.1, -0.05) is 9.64 Å². The summed E-state index contributed by atoms with van der Waals surface area (Å²) < 4.78 is 15.8. The highest BCUT2D eigenvalue weighted by Gasteiger charge is 2.56. The third kappa shape index (κ3) is 5.88. The number of rotatable bonds is 11. The van der Waals surface area contributed by atoms with Crippen LogP contribution >= 0.6 is 46.4 Å². The lowest BCUT2D eigenvalue weighted by Crippen LogP contribution is -2.71. The molecule has 46 heavy (non-hydrogen) atoms. The molecule has 0 unspecified atom stereocenters. The first kappa shape index (κ1) is 31.4. The maximum atomic E-state index is 13.6. The number of thiazole rings is 1. The monoisotopic (exact) mass is 705 g/mol. The fourth-order valence-electron chi connectivity index (χ4n) is 7.78. The molecular formula is C28H31N7O7S4. The van der Waals surface area contributed by atoms with Crippen molar-refractivity contribution in [2.75, 3.05) is 31.1 Å². The number of carbonyl (C=O) groups is 4. The molecule has 5 fully saturated rings. The van der Waals surface area contributed by atoms with Crippen LogP contribution in [0.4, 0.5) is 5.13 Å². The summed E-state index contributed by atoms with van der Waals surface area (Å²) in [7, 11) is 1.29. The Labute approximate surface area is 280 Å². The number of aromatic nitrogens is 3. The van der Waals surface area contributed by atoms with Crippen LogP contribution in [0.1, 0.15) is 44.2 Å². The van der Waals surface area contributed by atoms with Crippen molar-refractivity contribution in [3.05, 3.63) is 28.5 Å². The number of anilines is 1. The number of ether oxygens (including phenoxy) is 2. The Morgan fingerprint density at radius 2 is 1.91 bits per heavy atom. The molecule has 244 valence electrons. The molecule has 8 rings (SSSR count). The van der Waals surface area contributed by atoms with Crippen LogP contribution in [-0.4, -0.2) is 85.8 Å². The van der Waals surface area contributed by atoms with Gasteiger partial charge in [-0.3, -0.25) is 19.3 Å². The molecule has 4 bridgehead atoms. The summed E-state index contributed by atoms with van der Waals surface area (Å²) in [5.74, 6) is 0.278. The van der Waals surface area contributed by atoms with Crippen LogP contribution in [0, 0.1) is 23.2 Å². The number of hydrogen-bond donors (Lipinski definition) is 2. The average molecular weight is 706 g/mol. The predicted molar refractivity (Wildman–Crippen MR) is 170 cm³/mol. The summed E-state index contributed by atoms with van der Waals surface area (Å²) in [4.78, 5) is 63.9. The van der Waals surface area contributed by atoms with Gasteiger partial charge in [0, 0.05) is 16.9 Å². The minimum absolute atomic E-state index is 0.0909. The number of nitrogens with zero attached hydrogens (tertiary/aromatic N) is 5. The lowest BCUT2D eigenvalue weighted by Gasteiger charge is -2.55. The SMILES string of the molecule is CO/N=C(\C(=O)N[C@@H]1C(=O)N2C(C(=O)OCOC(=O)C34CC5CC(CC(C5)C3)C4)=C(CSc3cnns3)CS[C@@H]12)c1csc(N)n1. The molecule has 18 heteroatoms. The quantitative estimate of drug-likeness (QED) is 0.0868. The fraction of sp³-hybridized carbons (Fsp3) is 0.571. The Kier molecular flexibility index (Phi) is 8.71. The zero-order valence-electron chi connectivity index (χ0n) is 24.7. The Morgan fingerprint density at radius 3 is 2.54 bits per heavy atom. The first-order valence-electron chi connectivity index (χ1n) is 14.8. The van der Waals surface area contributed by atoms with E-state index < -0.39 is 41.4 Å². The van der Waals surface area contributed by atoms with Crippen molar-refractivity contribution in [1.82, 2.24) is 24.8 Å². The highest BCUT2D eigenvalue weighted by Crippen LogP contribution is 2.60. The van der Waals surface area contributed by atoms with Gasteiger partial charge in [0.2, 0.25) is 6.79 Å². The van der Waals surface area contributed by atoms with E-state index in [1.54, 1.807) is 11.6 Å². The Balaban J connectivity index is 1.04.